The average Bonchev–Trinajstić information content (AvgIpc) is 2.79. The molecule has 2 aliphatic rings. The second-order valence-corrected chi connectivity index (χ2v) is 6.97. The minimum atomic E-state index is -0.345. The number of carbonyl (C=O) groups is 2. The molecule has 0 bridgehead atoms. The van der Waals surface area contributed by atoms with Crippen LogP contribution in [0.2, 0.25) is 0 Å². The lowest BCUT2D eigenvalue weighted by Gasteiger charge is -2.26. The molecule has 0 aromatic carbocycles. The maximum Gasteiger partial charge on any atom is 0.334 e. The molecule has 0 aromatic heterocycles. The Balaban J connectivity index is 2.26. The van der Waals surface area contributed by atoms with Gasteiger partial charge < -0.3 is 9.47 Å². The van der Waals surface area contributed by atoms with Crippen molar-refractivity contribution >= 4 is 11.9 Å². The largest absolute Gasteiger partial charge is 0.458 e. The van der Waals surface area contributed by atoms with Gasteiger partial charge in [-0.15, -0.1) is 0 Å². The van der Waals surface area contributed by atoms with Gasteiger partial charge in [0.05, 0.1) is 5.92 Å². The molecule has 0 radical (unpaired) electrons. The van der Waals surface area contributed by atoms with Gasteiger partial charge in [0, 0.05) is 11.5 Å². The maximum absolute atomic E-state index is 12.2. The van der Waals surface area contributed by atoms with Crippen LogP contribution in [0.5, 0.6) is 0 Å². The van der Waals surface area contributed by atoms with Gasteiger partial charge in [0.1, 0.15) is 12.2 Å². The van der Waals surface area contributed by atoms with Crippen LogP contribution in [0.25, 0.3) is 0 Å². The lowest BCUT2D eigenvalue weighted by Crippen LogP contribution is -2.29. The molecule has 0 saturated carbocycles. The Hall–Kier alpha value is -1.84. The van der Waals surface area contributed by atoms with Gasteiger partial charge in [0.15, 0.2) is 0 Å². The molecule has 4 heteroatoms. The second kappa shape index (κ2) is 7.82. The van der Waals surface area contributed by atoms with Crippen molar-refractivity contribution < 1.29 is 19.1 Å². The van der Waals surface area contributed by atoms with Crippen molar-refractivity contribution in [1.29, 1.82) is 0 Å². The van der Waals surface area contributed by atoms with Crippen molar-refractivity contribution in [2.45, 2.75) is 65.6 Å². The third kappa shape index (κ3) is 4.16. The summed E-state index contributed by atoms with van der Waals surface area (Å²) >= 11 is 0. The third-order valence-electron chi connectivity index (χ3n) is 5.05. The molecule has 0 spiro atoms. The van der Waals surface area contributed by atoms with E-state index in [4.69, 9.17) is 9.47 Å². The van der Waals surface area contributed by atoms with E-state index < -0.39 is 0 Å². The Kier molecular flexibility index (Phi) is 6.03. The van der Waals surface area contributed by atoms with Crippen LogP contribution >= 0.6 is 0 Å². The van der Waals surface area contributed by atoms with Crippen molar-refractivity contribution in [3.8, 4) is 0 Å². The minimum absolute atomic E-state index is 0.129. The molecular formula is C20H28O4. The molecule has 1 heterocycles. The highest BCUT2D eigenvalue weighted by Gasteiger charge is 2.40. The molecule has 132 valence electrons. The maximum atomic E-state index is 12.2. The van der Waals surface area contributed by atoms with Crippen LogP contribution in [0.1, 0.15) is 53.4 Å². The molecule has 0 N–H and O–H groups in total. The van der Waals surface area contributed by atoms with E-state index in [-0.39, 0.29) is 36.0 Å². The van der Waals surface area contributed by atoms with Gasteiger partial charge in [-0.2, -0.15) is 0 Å². The number of rotatable bonds is 3. The number of esters is 2. The summed E-state index contributed by atoms with van der Waals surface area (Å²) in [5.74, 6) is -0.812. The predicted octanol–water partition coefficient (Wildman–Crippen LogP) is 4.12. The standard InChI is InChI=1S/C20H28O4/c1-6-13(3)19(21)23-17-11-16-15(5)20(22)24-18(16)10-12(2)8-7-9-14(17)4/h9-10,13,16-18H,5-8,11H2,1-4H3/b12-10-,14-9+/t13-,16-,17-,18+/m0/s1. The first-order valence-corrected chi connectivity index (χ1v) is 8.77. The Labute approximate surface area is 144 Å². The van der Waals surface area contributed by atoms with Gasteiger partial charge in [-0.3, -0.25) is 4.79 Å². The quantitative estimate of drug-likeness (QED) is 0.443. The number of fused-ring (bicyclic) bond motifs is 1. The van der Waals surface area contributed by atoms with E-state index in [1.54, 1.807) is 0 Å². The summed E-state index contributed by atoms with van der Waals surface area (Å²) in [5.41, 5.74) is 2.71. The van der Waals surface area contributed by atoms with Gasteiger partial charge in [-0.1, -0.05) is 32.1 Å². The summed E-state index contributed by atoms with van der Waals surface area (Å²) in [6, 6.07) is 0. The summed E-state index contributed by atoms with van der Waals surface area (Å²) < 4.78 is 11.2. The summed E-state index contributed by atoms with van der Waals surface area (Å²) in [6.07, 6.45) is 6.57. The van der Waals surface area contributed by atoms with Crippen LogP contribution in [0, 0.1) is 11.8 Å². The molecule has 0 unspecified atom stereocenters. The van der Waals surface area contributed by atoms with Crippen molar-refractivity contribution in [2.24, 2.45) is 11.8 Å². The fourth-order valence-corrected chi connectivity index (χ4v) is 3.06. The highest BCUT2D eigenvalue weighted by atomic mass is 16.6. The van der Waals surface area contributed by atoms with E-state index in [2.05, 4.69) is 19.6 Å². The summed E-state index contributed by atoms with van der Waals surface area (Å²) in [6.45, 7) is 11.8. The van der Waals surface area contributed by atoms with E-state index in [0.717, 1.165) is 24.8 Å². The van der Waals surface area contributed by atoms with Crippen LogP contribution < -0.4 is 0 Å². The zero-order chi connectivity index (χ0) is 17.9. The first kappa shape index (κ1) is 18.5. The lowest BCUT2D eigenvalue weighted by molar-refractivity contribution is -0.152. The zero-order valence-electron chi connectivity index (χ0n) is 15.1. The molecular weight excluding hydrogens is 304 g/mol. The predicted molar refractivity (Wildman–Crippen MR) is 93.2 cm³/mol. The number of hydrogen-bond donors (Lipinski definition) is 0. The van der Waals surface area contributed by atoms with E-state index in [1.165, 1.54) is 5.57 Å². The van der Waals surface area contributed by atoms with Crippen molar-refractivity contribution in [3.05, 3.63) is 35.5 Å². The lowest BCUT2D eigenvalue weighted by atomic mass is 9.86. The average molecular weight is 332 g/mol. The molecule has 0 amide bonds. The SMILES string of the molecule is C=C1C(=O)O[C@@H]2/C=C(/C)CC/C=C(\C)[C@@H](OC(=O)[C@@H](C)CC)C[C@@H]12. The molecule has 4 atom stereocenters. The highest BCUT2D eigenvalue weighted by molar-refractivity contribution is 5.91. The molecule has 1 aliphatic heterocycles. The Morgan fingerprint density at radius 3 is 2.83 bits per heavy atom. The summed E-state index contributed by atoms with van der Waals surface area (Å²) in [5, 5.41) is 0. The molecule has 2 rings (SSSR count). The topological polar surface area (TPSA) is 52.6 Å². The first-order chi connectivity index (χ1) is 11.3. The van der Waals surface area contributed by atoms with Crippen LogP contribution in [0.15, 0.2) is 35.5 Å². The van der Waals surface area contributed by atoms with E-state index >= 15 is 0 Å². The Morgan fingerprint density at radius 1 is 1.46 bits per heavy atom. The van der Waals surface area contributed by atoms with Gasteiger partial charge in [0.25, 0.3) is 0 Å². The molecule has 4 nitrogen and oxygen atoms in total. The molecule has 1 aliphatic carbocycles. The molecule has 24 heavy (non-hydrogen) atoms. The molecule has 1 fully saturated rings. The molecule has 1 saturated heterocycles. The minimum Gasteiger partial charge on any atom is -0.458 e. The van der Waals surface area contributed by atoms with Crippen LogP contribution in [-0.4, -0.2) is 24.1 Å². The number of ether oxygens (including phenoxy) is 2. The fourth-order valence-electron chi connectivity index (χ4n) is 3.06. The van der Waals surface area contributed by atoms with Crippen molar-refractivity contribution in [3.63, 3.8) is 0 Å². The highest BCUT2D eigenvalue weighted by Crippen LogP contribution is 2.35. The van der Waals surface area contributed by atoms with Crippen LogP contribution in [0.4, 0.5) is 0 Å². The summed E-state index contributed by atoms with van der Waals surface area (Å²) in [4.78, 5) is 24.2. The normalized spacial score (nSPS) is 33.4. The monoisotopic (exact) mass is 332 g/mol. The zero-order valence-corrected chi connectivity index (χ0v) is 15.1. The van der Waals surface area contributed by atoms with Gasteiger partial charge in [-0.05, 0) is 51.2 Å². The molecule has 0 aromatic rings. The Morgan fingerprint density at radius 2 is 2.17 bits per heavy atom. The number of hydrogen-bond acceptors (Lipinski definition) is 4. The second-order valence-electron chi connectivity index (χ2n) is 6.97. The van der Waals surface area contributed by atoms with Crippen molar-refractivity contribution in [1.82, 2.24) is 0 Å². The van der Waals surface area contributed by atoms with E-state index in [9.17, 15) is 9.59 Å². The van der Waals surface area contributed by atoms with E-state index in [1.807, 2.05) is 26.8 Å². The van der Waals surface area contributed by atoms with Crippen LogP contribution in [-0.2, 0) is 19.1 Å². The third-order valence-corrected chi connectivity index (χ3v) is 5.05. The van der Waals surface area contributed by atoms with Crippen LogP contribution in [0.3, 0.4) is 0 Å². The smallest absolute Gasteiger partial charge is 0.334 e. The number of carbonyl (C=O) groups excluding carboxylic acids is 2. The van der Waals surface area contributed by atoms with Gasteiger partial charge >= 0.3 is 11.9 Å². The Bertz CT molecular complexity index is 584. The van der Waals surface area contributed by atoms with E-state index in [0.29, 0.717) is 12.0 Å². The fraction of sp³-hybridized carbons (Fsp3) is 0.600. The number of allylic oxidation sites excluding steroid dienone is 2. The summed E-state index contributed by atoms with van der Waals surface area (Å²) in [7, 11) is 0. The van der Waals surface area contributed by atoms with Gasteiger partial charge in [-0.25, -0.2) is 4.79 Å². The van der Waals surface area contributed by atoms with Crippen molar-refractivity contribution in [2.75, 3.05) is 0 Å². The van der Waals surface area contributed by atoms with Gasteiger partial charge in [0.2, 0.25) is 0 Å². The first-order valence-electron chi connectivity index (χ1n) is 8.77.